The zero-order valence-electron chi connectivity index (χ0n) is 12.1. The smallest absolute Gasteiger partial charge is 0.246 e. The maximum atomic E-state index is 14.0. The van der Waals surface area contributed by atoms with E-state index in [1.54, 1.807) is 0 Å². The maximum absolute atomic E-state index is 14.0. The number of aliphatic hydroxyl groups is 5. The van der Waals surface area contributed by atoms with Crippen molar-refractivity contribution in [2.24, 2.45) is 0 Å². The number of halogens is 4. The monoisotopic (exact) mass is 414 g/mol. The normalized spacial score (nSPS) is 50.9. The molecule has 0 spiro atoms. The van der Waals surface area contributed by atoms with Crippen molar-refractivity contribution in [3.05, 3.63) is 0 Å². The average Bonchev–Trinajstić information content (AvgIpc) is 2.81. The minimum absolute atomic E-state index is 0.299. The Balaban J connectivity index is 2.25. The van der Waals surface area contributed by atoms with Gasteiger partial charge in [0.1, 0.15) is 36.6 Å². The van der Waals surface area contributed by atoms with Crippen molar-refractivity contribution < 1.29 is 44.1 Å². The fourth-order valence-electron chi connectivity index (χ4n) is 2.59. The van der Waals surface area contributed by atoms with Crippen LogP contribution in [0.2, 0.25) is 0 Å². The molecule has 2 rings (SSSR count). The van der Waals surface area contributed by atoms with E-state index in [0.717, 1.165) is 0 Å². The highest BCUT2D eigenvalue weighted by Gasteiger charge is 2.62. The minimum Gasteiger partial charge on any atom is -0.394 e. The van der Waals surface area contributed by atoms with Gasteiger partial charge in [-0.15, -0.1) is 23.2 Å². The molecular formula is C12H18Cl3FO8. The van der Waals surface area contributed by atoms with E-state index in [1.165, 1.54) is 0 Å². The summed E-state index contributed by atoms with van der Waals surface area (Å²) in [5.41, 5.74) is -2.48. The lowest BCUT2D eigenvalue weighted by molar-refractivity contribution is -0.372. The molecule has 0 aromatic carbocycles. The van der Waals surface area contributed by atoms with E-state index in [2.05, 4.69) is 0 Å². The Morgan fingerprint density at radius 1 is 1.12 bits per heavy atom. The second kappa shape index (κ2) is 8.01. The lowest BCUT2D eigenvalue weighted by Gasteiger charge is -2.43. The van der Waals surface area contributed by atoms with Crippen molar-refractivity contribution in [3.63, 3.8) is 0 Å². The molecule has 10 atom stereocenters. The molecule has 0 aromatic rings. The topological polar surface area (TPSA) is 129 Å². The van der Waals surface area contributed by atoms with Crippen LogP contribution in [-0.4, -0.2) is 97.7 Å². The number of rotatable bonds is 5. The predicted octanol–water partition coefficient (Wildman–Crippen LogP) is -1.36. The van der Waals surface area contributed by atoms with Crippen LogP contribution in [0.5, 0.6) is 0 Å². The molecule has 12 heteroatoms. The van der Waals surface area contributed by atoms with Gasteiger partial charge in [-0.1, -0.05) is 11.6 Å². The predicted molar refractivity (Wildman–Crippen MR) is 79.6 cm³/mol. The highest BCUT2D eigenvalue weighted by molar-refractivity contribution is 6.21. The van der Waals surface area contributed by atoms with Gasteiger partial charge in [-0.25, -0.2) is 4.39 Å². The maximum Gasteiger partial charge on any atom is 0.246 e. The van der Waals surface area contributed by atoms with Crippen LogP contribution < -0.4 is 0 Å². The van der Waals surface area contributed by atoms with Crippen molar-refractivity contribution in [2.75, 3.05) is 12.5 Å². The average molecular weight is 416 g/mol. The number of ether oxygens (including phenoxy) is 3. The van der Waals surface area contributed by atoms with Gasteiger partial charge < -0.3 is 39.7 Å². The highest BCUT2D eigenvalue weighted by atomic mass is 35.5. The van der Waals surface area contributed by atoms with E-state index < -0.39 is 66.3 Å². The molecule has 2 unspecified atom stereocenters. The van der Waals surface area contributed by atoms with Crippen LogP contribution in [0.25, 0.3) is 0 Å². The Morgan fingerprint density at radius 3 is 2.21 bits per heavy atom. The van der Waals surface area contributed by atoms with Crippen molar-refractivity contribution in [1.29, 1.82) is 0 Å². The summed E-state index contributed by atoms with van der Waals surface area (Å²) < 4.78 is 29.4. The standard InChI is InChI=1S/C12H18Cl3FO8/c13-1-3-6(18)9(21)12(23-3,11(15)16)24-10-8(20)7(19)5(14)4(2-17)22-10/h3-11,17-21H,1-2H2/t3-,4-,5+,6-,7+,8-,9+,10-,11?,12?/m1/s1. The first kappa shape index (κ1) is 20.8. The summed E-state index contributed by atoms with van der Waals surface area (Å²) in [6.07, 6.45) is -11.0. The van der Waals surface area contributed by atoms with Gasteiger partial charge in [-0.05, 0) is 0 Å². The van der Waals surface area contributed by atoms with Crippen molar-refractivity contribution in [1.82, 2.24) is 0 Å². The van der Waals surface area contributed by atoms with E-state index in [1.807, 2.05) is 0 Å². The number of aliphatic hydroxyl groups excluding tert-OH is 5. The van der Waals surface area contributed by atoms with Crippen LogP contribution in [-0.2, 0) is 14.2 Å². The fraction of sp³-hybridized carbons (Fsp3) is 1.00. The molecule has 2 aliphatic heterocycles. The zero-order chi connectivity index (χ0) is 18.2. The fourth-order valence-corrected chi connectivity index (χ4v) is 3.36. The van der Waals surface area contributed by atoms with Gasteiger partial charge >= 0.3 is 0 Å². The van der Waals surface area contributed by atoms with Crippen molar-refractivity contribution in [2.45, 2.75) is 59.7 Å². The molecule has 0 saturated carbocycles. The minimum atomic E-state index is -2.61. The third-order valence-corrected chi connectivity index (χ3v) is 5.16. The molecule has 24 heavy (non-hydrogen) atoms. The Kier molecular flexibility index (Phi) is 6.94. The van der Waals surface area contributed by atoms with Crippen LogP contribution in [0.1, 0.15) is 0 Å². The summed E-state index contributed by atoms with van der Waals surface area (Å²) in [4.78, 5) is 0. The molecule has 0 amide bonds. The first-order chi connectivity index (χ1) is 11.2. The number of alkyl halides is 4. The summed E-state index contributed by atoms with van der Waals surface area (Å²) in [5, 5.41) is 47.8. The van der Waals surface area contributed by atoms with Crippen LogP contribution >= 0.6 is 34.8 Å². The molecule has 0 bridgehead atoms. The quantitative estimate of drug-likeness (QED) is 0.348. The van der Waals surface area contributed by atoms with Gasteiger partial charge in [0, 0.05) is 0 Å². The Hall–Kier alpha value is 0.480. The summed E-state index contributed by atoms with van der Waals surface area (Å²) >= 11 is 16.8. The van der Waals surface area contributed by atoms with E-state index >= 15 is 0 Å². The second-order valence-corrected chi connectivity index (χ2v) is 6.73. The van der Waals surface area contributed by atoms with Gasteiger partial charge in [0.25, 0.3) is 0 Å². The molecule has 2 aliphatic rings. The van der Waals surface area contributed by atoms with E-state index in [4.69, 9.17) is 49.0 Å². The zero-order valence-corrected chi connectivity index (χ0v) is 14.4. The van der Waals surface area contributed by atoms with Gasteiger partial charge in [-0.2, -0.15) is 0 Å². The second-order valence-electron chi connectivity index (χ2n) is 5.54. The van der Waals surface area contributed by atoms with Gasteiger partial charge in [0.2, 0.25) is 11.4 Å². The third-order valence-electron chi connectivity index (χ3n) is 4.01. The molecule has 8 nitrogen and oxygen atoms in total. The van der Waals surface area contributed by atoms with E-state index in [9.17, 15) is 29.9 Å². The van der Waals surface area contributed by atoms with Crippen molar-refractivity contribution in [3.8, 4) is 0 Å². The first-order valence-corrected chi connectivity index (χ1v) is 8.42. The number of hydrogen-bond donors (Lipinski definition) is 5. The molecule has 2 heterocycles. The first-order valence-electron chi connectivity index (χ1n) is 7.02. The van der Waals surface area contributed by atoms with Gasteiger partial charge in [0.15, 0.2) is 6.29 Å². The summed E-state index contributed by atoms with van der Waals surface area (Å²) in [6.45, 7) is -0.624. The Labute approximate surface area is 151 Å². The Morgan fingerprint density at radius 2 is 1.75 bits per heavy atom. The summed E-state index contributed by atoms with van der Waals surface area (Å²) in [7, 11) is 0. The molecular weight excluding hydrogens is 397 g/mol. The Bertz CT molecular complexity index is 433. The molecule has 0 aromatic heterocycles. The molecule has 0 radical (unpaired) electrons. The van der Waals surface area contributed by atoms with Gasteiger partial charge in [0.05, 0.1) is 17.9 Å². The summed E-state index contributed by atoms with van der Waals surface area (Å²) in [6, 6.07) is 0. The summed E-state index contributed by atoms with van der Waals surface area (Å²) in [5.74, 6) is -2.91. The molecule has 142 valence electrons. The van der Waals surface area contributed by atoms with Crippen LogP contribution in [0.15, 0.2) is 0 Å². The van der Waals surface area contributed by atoms with Crippen LogP contribution in [0, 0.1) is 0 Å². The third kappa shape index (κ3) is 3.49. The molecule has 2 saturated heterocycles. The largest absolute Gasteiger partial charge is 0.394 e. The van der Waals surface area contributed by atoms with E-state index in [0.29, 0.717) is 0 Å². The SMILES string of the molecule is OC[C@H]1O[C@H](OC2(C(F)Cl)O[C@H](CCl)[C@@H](O)[C@@H]2O)[C@H](O)[C@@H](O)[C@H]1Cl. The molecule has 0 aliphatic carbocycles. The van der Waals surface area contributed by atoms with Crippen LogP contribution in [0.4, 0.5) is 4.39 Å². The molecule has 5 N–H and O–H groups in total. The highest BCUT2D eigenvalue weighted by Crippen LogP contribution is 2.41. The van der Waals surface area contributed by atoms with Crippen LogP contribution in [0.3, 0.4) is 0 Å². The number of hydrogen-bond acceptors (Lipinski definition) is 8. The lowest BCUT2D eigenvalue weighted by atomic mass is 10.0. The van der Waals surface area contributed by atoms with Gasteiger partial charge in [-0.3, -0.25) is 0 Å². The molecule has 2 fully saturated rings. The lowest BCUT2D eigenvalue weighted by Crippen LogP contribution is -2.62. The van der Waals surface area contributed by atoms with Crippen molar-refractivity contribution >= 4 is 34.8 Å². The van der Waals surface area contributed by atoms with E-state index in [-0.39, 0.29) is 5.88 Å².